The van der Waals surface area contributed by atoms with Crippen molar-refractivity contribution < 1.29 is 18.8 Å². The Labute approximate surface area is 181 Å². The Bertz CT molecular complexity index is 1080. The number of rotatable bonds is 7. The van der Waals surface area contributed by atoms with Crippen molar-refractivity contribution in [2.45, 2.75) is 26.4 Å². The number of halogens is 1. The fourth-order valence-corrected chi connectivity index (χ4v) is 3.39. The van der Waals surface area contributed by atoms with Crippen LogP contribution in [0.15, 0.2) is 46.2 Å². The molecule has 0 bridgehead atoms. The van der Waals surface area contributed by atoms with Gasteiger partial charge in [0.05, 0.1) is 17.1 Å². The number of aromatic nitrogens is 1. The molecule has 0 radical (unpaired) electrons. The third-order valence-electron chi connectivity index (χ3n) is 4.02. The average Bonchev–Trinajstić information content (AvgIpc) is 3.35. The minimum absolute atomic E-state index is 0.151. The van der Waals surface area contributed by atoms with Crippen LogP contribution in [0.2, 0.25) is 5.02 Å². The van der Waals surface area contributed by atoms with Crippen molar-refractivity contribution in [3.8, 4) is 11.5 Å². The summed E-state index contributed by atoms with van der Waals surface area (Å²) in [5, 5.41) is 10.4. The number of carbonyl (C=O) groups is 3. The fraction of sp³-hybridized carbons (Fsp3) is 0.200. The lowest BCUT2D eigenvalue weighted by molar-refractivity contribution is -0.119. The largest absolute Gasteiger partial charge is 0.458 e. The summed E-state index contributed by atoms with van der Waals surface area (Å²) < 4.78 is 5.65. The maximum Gasteiger partial charge on any atom is 0.253 e. The van der Waals surface area contributed by atoms with Crippen molar-refractivity contribution in [2.75, 3.05) is 5.32 Å². The third-order valence-corrected chi connectivity index (χ3v) is 5.11. The number of benzene rings is 1. The summed E-state index contributed by atoms with van der Waals surface area (Å²) in [5.41, 5.74) is 0.848. The minimum Gasteiger partial charge on any atom is -0.458 e. The van der Waals surface area contributed by atoms with Gasteiger partial charge in [-0.3, -0.25) is 14.4 Å². The molecule has 1 aromatic carbocycles. The van der Waals surface area contributed by atoms with E-state index in [1.165, 1.54) is 18.3 Å². The molecule has 3 N–H and O–H groups in total. The van der Waals surface area contributed by atoms with E-state index in [-0.39, 0.29) is 12.5 Å². The highest BCUT2D eigenvalue weighted by molar-refractivity contribution is 7.14. The Balaban J connectivity index is 1.58. The number of amides is 3. The van der Waals surface area contributed by atoms with E-state index in [4.69, 9.17) is 16.0 Å². The summed E-state index contributed by atoms with van der Waals surface area (Å²) in [6.07, 6.45) is 0. The van der Waals surface area contributed by atoms with E-state index in [9.17, 15) is 14.4 Å². The molecule has 10 heteroatoms. The Morgan fingerprint density at radius 2 is 1.97 bits per heavy atom. The first kappa shape index (κ1) is 21.5. The standard InChI is InChI=1S/C20H19ClN4O4S/c1-11(23-19(28)14-5-3-4-6-15(14)21)18(27)25-20-24-16(10-30-20)17-8-7-13(29-17)9-22-12(2)26/h3-8,10-11H,9H2,1-2H3,(H,22,26)(H,23,28)(H,24,25,27)/t11-/m0/s1. The van der Waals surface area contributed by atoms with Crippen molar-refractivity contribution in [3.05, 3.63) is 58.1 Å². The fourth-order valence-electron chi connectivity index (χ4n) is 2.47. The van der Waals surface area contributed by atoms with Crippen molar-refractivity contribution >= 4 is 45.8 Å². The van der Waals surface area contributed by atoms with Crippen LogP contribution in [0.1, 0.15) is 30.0 Å². The number of nitrogens with one attached hydrogen (secondary N) is 3. The molecular formula is C20H19ClN4O4S. The quantitative estimate of drug-likeness (QED) is 0.514. The van der Waals surface area contributed by atoms with Gasteiger partial charge in [-0.25, -0.2) is 4.98 Å². The SMILES string of the molecule is CC(=O)NCc1ccc(-c2csc(NC(=O)[C@H](C)NC(=O)c3ccccc3Cl)n2)o1. The Morgan fingerprint density at radius 1 is 1.20 bits per heavy atom. The number of anilines is 1. The molecule has 156 valence electrons. The van der Waals surface area contributed by atoms with E-state index < -0.39 is 17.9 Å². The van der Waals surface area contributed by atoms with Gasteiger partial charge >= 0.3 is 0 Å². The first-order valence-electron chi connectivity index (χ1n) is 8.99. The minimum atomic E-state index is -0.797. The highest BCUT2D eigenvalue weighted by atomic mass is 35.5. The lowest BCUT2D eigenvalue weighted by Crippen LogP contribution is -2.41. The molecule has 0 aliphatic rings. The summed E-state index contributed by atoms with van der Waals surface area (Å²) in [5.74, 6) is 0.108. The molecule has 0 aliphatic heterocycles. The molecular weight excluding hydrogens is 428 g/mol. The van der Waals surface area contributed by atoms with Crippen LogP contribution < -0.4 is 16.0 Å². The first-order chi connectivity index (χ1) is 14.3. The number of nitrogens with zero attached hydrogens (tertiary/aromatic N) is 1. The highest BCUT2D eigenvalue weighted by Gasteiger charge is 2.19. The first-order valence-corrected chi connectivity index (χ1v) is 10.2. The summed E-state index contributed by atoms with van der Waals surface area (Å²) in [7, 11) is 0. The van der Waals surface area contributed by atoms with Crippen molar-refractivity contribution in [1.82, 2.24) is 15.6 Å². The van der Waals surface area contributed by atoms with Gasteiger partial charge in [0.25, 0.3) is 5.91 Å². The van der Waals surface area contributed by atoms with Crippen molar-refractivity contribution in [3.63, 3.8) is 0 Å². The Hall–Kier alpha value is -3.17. The van der Waals surface area contributed by atoms with E-state index in [0.29, 0.717) is 32.9 Å². The summed E-state index contributed by atoms with van der Waals surface area (Å²) in [6.45, 7) is 3.28. The van der Waals surface area contributed by atoms with Crippen LogP contribution in [0.4, 0.5) is 5.13 Å². The molecule has 0 fully saturated rings. The molecule has 0 unspecified atom stereocenters. The number of furan rings is 1. The molecule has 2 heterocycles. The molecule has 30 heavy (non-hydrogen) atoms. The van der Waals surface area contributed by atoms with Crippen LogP contribution in [-0.4, -0.2) is 28.7 Å². The molecule has 3 amide bonds. The van der Waals surface area contributed by atoms with E-state index >= 15 is 0 Å². The molecule has 3 aromatic rings. The summed E-state index contributed by atoms with van der Waals surface area (Å²) >= 11 is 7.24. The average molecular weight is 447 g/mol. The molecule has 0 aliphatic carbocycles. The van der Waals surface area contributed by atoms with Gasteiger partial charge in [0.2, 0.25) is 11.8 Å². The van der Waals surface area contributed by atoms with Crippen LogP contribution >= 0.6 is 22.9 Å². The van der Waals surface area contributed by atoms with Gasteiger partial charge in [-0.05, 0) is 31.2 Å². The van der Waals surface area contributed by atoms with Crippen LogP contribution in [0.5, 0.6) is 0 Å². The third kappa shape index (κ3) is 5.46. The Morgan fingerprint density at radius 3 is 2.70 bits per heavy atom. The molecule has 3 rings (SSSR count). The maximum atomic E-state index is 12.4. The lowest BCUT2D eigenvalue weighted by atomic mass is 10.2. The lowest BCUT2D eigenvalue weighted by Gasteiger charge is -2.13. The van der Waals surface area contributed by atoms with Gasteiger partial charge < -0.3 is 20.4 Å². The predicted molar refractivity (Wildman–Crippen MR) is 114 cm³/mol. The molecule has 0 saturated carbocycles. The monoisotopic (exact) mass is 446 g/mol. The second kappa shape index (κ2) is 9.55. The second-order valence-corrected chi connectivity index (χ2v) is 7.64. The van der Waals surface area contributed by atoms with Crippen molar-refractivity contribution in [1.29, 1.82) is 0 Å². The topological polar surface area (TPSA) is 113 Å². The molecule has 0 spiro atoms. The van der Waals surface area contributed by atoms with E-state index in [2.05, 4.69) is 20.9 Å². The number of carbonyl (C=O) groups excluding carboxylic acids is 3. The van der Waals surface area contributed by atoms with Gasteiger partial charge in [-0.1, -0.05) is 23.7 Å². The van der Waals surface area contributed by atoms with Crippen molar-refractivity contribution in [2.24, 2.45) is 0 Å². The Kier molecular flexibility index (Phi) is 6.86. The zero-order chi connectivity index (χ0) is 21.7. The molecule has 8 nitrogen and oxygen atoms in total. The van der Waals surface area contributed by atoms with E-state index in [1.807, 2.05) is 0 Å². The summed E-state index contributed by atoms with van der Waals surface area (Å²) in [4.78, 5) is 40.0. The van der Waals surface area contributed by atoms with Crippen LogP contribution in [0.25, 0.3) is 11.5 Å². The van der Waals surface area contributed by atoms with Crippen LogP contribution in [0, 0.1) is 0 Å². The van der Waals surface area contributed by atoms with Crippen LogP contribution in [-0.2, 0) is 16.1 Å². The zero-order valence-electron chi connectivity index (χ0n) is 16.2. The van der Waals surface area contributed by atoms with E-state index in [1.54, 1.807) is 48.7 Å². The van der Waals surface area contributed by atoms with Crippen LogP contribution in [0.3, 0.4) is 0 Å². The maximum absolute atomic E-state index is 12.4. The van der Waals surface area contributed by atoms with Gasteiger partial charge in [0, 0.05) is 12.3 Å². The number of thiazole rings is 1. The van der Waals surface area contributed by atoms with Gasteiger partial charge in [-0.2, -0.15) is 0 Å². The van der Waals surface area contributed by atoms with Gasteiger partial charge in [-0.15, -0.1) is 11.3 Å². The van der Waals surface area contributed by atoms with Gasteiger partial charge in [0.15, 0.2) is 10.9 Å². The predicted octanol–water partition coefficient (Wildman–Crippen LogP) is 3.45. The number of hydrogen-bond donors (Lipinski definition) is 3. The van der Waals surface area contributed by atoms with Gasteiger partial charge in [0.1, 0.15) is 17.5 Å². The molecule has 0 saturated heterocycles. The molecule has 2 aromatic heterocycles. The zero-order valence-corrected chi connectivity index (χ0v) is 17.8. The normalized spacial score (nSPS) is 11.6. The second-order valence-electron chi connectivity index (χ2n) is 6.38. The van der Waals surface area contributed by atoms with E-state index in [0.717, 1.165) is 0 Å². The smallest absolute Gasteiger partial charge is 0.253 e. The highest BCUT2D eigenvalue weighted by Crippen LogP contribution is 2.26. The molecule has 1 atom stereocenters. The summed E-state index contributed by atoms with van der Waals surface area (Å²) in [6, 6.07) is 9.29. The number of hydrogen-bond acceptors (Lipinski definition) is 6.